The molecule has 0 atom stereocenters. The van der Waals surface area contributed by atoms with Crippen LogP contribution in [-0.4, -0.2) is 32.5 Å². The van der Waals surface area contributed by atoms with Crippen LogP contribution in [0.1, 0.15) is 6.42 Å². The predicted octanol–water partition coefficient (Wildman–Crippen LogP) is 1.97. The fraction of sp³-hybridized carbons (Fsp3) is 0.278. The third-order valence-electron chi connectivity index (χ3n) is 4.04. The third kappa shape index (κ3) is 3.40. The molecule has 4 rings (SSSR count). The van der Waals surface area contributed by atoms with Gasteiger partial charge in [-0.15, -0.1) is 0 Å². The van der Waals surface area contributed by atoms with Gasteiger partial charge in [0.25, 0.3) is 5.56 Å². The van der Waals surface area contributed by atoms with Gasteiger partial charge in [0.1, 0.15) is 0 Å². The van der Waals surface area contributed by atoms with Crippen LogP contribution < -0.4 is 15.0 Å². The highest BCUT2D eigenvalue weighted by molar-refractivity contribution is 5.63. The molecule has 1 aliphatic heterocycles. The van der Waals surface area contributed by atoms with E-state index in [0.717, 1.165) is 23.4 Å². The van der Waals surface area contributed by atoms with E-state index in [9.17, 15) is 4.79 Å². The highest BCUT2D eigenvalue weighted by Crippen LogP contribution is 2.33. The first kappa shape index (κ1) is 15.4. The van der Waals surface area contributed by atoms with E-state index in [1.807, 2.05) is 29.0 Å². The molecule has 1 aliphatic rings. The zero-order chi connectivity index (χ0) is 17.1. The van der Waals surface area contributed by atoms with Gasteiger partial charge in [-0.25, -0.2) is 9.67 Å². The Kier molecular flexibility index (Phi) is 4.20. The van der Waals surface area contributed by atoms with E-state index >= 15 is 0 Å². The molecule has 7 heteroatoms. The molecule has 0 spiro atoms. The molecule has 0 amide bonds. The molecule has 0 unspecified atom stereocenters. The van der Waals surface area contributed by atoms with Crippen molar-refractivity contribution in [2.45, 2.75) is 19.5 Å². The molecule has 128 valence electrons. The lowest BCUT2D eigenvalue weighted by molar-refractivity contribution is 0.297. The maximum atomic E-state index is 12.1. The van der Waals surface area contributed by atoms with Gasteiger partial charge in [0.05, 0.1) is 31.8 Å². The van der Waals surface area contributed by atoms with Crippen molar-refractivity contribution in [1.29, 1.82) is 0 Å². The van der Waals surface area contributed by atoms with Crippen molar-refractivity contribution in [3.8, 4) is 22.8 Å². The van der Waals surface area contributed by atoms with Crippen molar-refractivity contribution in [2.75, 3.05) is 13.2 Å². The number of hydrogen-bond acceptors (Lipinski definition) is 5. The summed E-state index contributed by atoms with van der Waals surface area (Å²) < 4.78 is 14.8. The Hall–Kier alpha value is -3.09. The first-order valence-electron chi connectivity index (χ1n) is 8.23. The number of benzene rings is 1. The third-order valence-corrected chi connectivity index (χ3v) is 4.04. The number of ether oxygens (including phenoxy) is 2. The second kappa shape index (κ2) is 6.80. The summed E-state index contributed by atoms with van der Waals surface area (Å²) in [6.07, 6.45) is 6.16. The molecular weight excluding hydrogens is 320 g/mol. The molecule has 0 bridgehead atoms. The van der Waals surface area contributed by atoms with Gasteiger partial charge in [-0.2, -0.15) is 5.10 Å². The lowest BCUT2D eigenvalue weighted by Gasteiger charge is -2.10. The molecule has 0 fully saturated rings. The number of nitrogens with zero attached hydrogens (tertiary/aromatic N) is 4. The number of aromatic nitrogens is 4. The summed E-state index contributed by atoms with van der Waals surface area (Å²) >= 11 is 0. The molecule has 1 aromatic carbocycles. The molecule has 0 N–H and O–H groups in total. The predicted molar refractivity (Wildman–Crippen MR) is 91.8 cm³/mol. The highest BCUT2D eigenvalue weighted by Gasteiger charge is 2.12. The van der Waals surface area contributed by atoms with Crippen LogP contribution in [0.2, 0.25) is 0 Å². The van der Waals surface area contributed by atoms with Gasteiger partial charge < -0.3 is 14.0 Å². The normalized spacial score (nSPS) is 13.4. The van der Waals surface area contributed by atoms with E-state index in [2.05, 4.69) is 10.1 Å². The summed E-state index contributed by atoms with van der Waals surface area (Å²) in [5.74, 6) is 1.46. The van der Waals surface area contributed by atoms with E-state index in [-0.39, 0.29) is 5.56 Å². The molecule has 3 heterocycles. The minimum Gasteiger partial charge on any atom is -0.490 e. The molecule has 3 aromatic rings. The van der Waals surface area contributed by atoms with Crippen LogP contribution in [0.5, 0.6) is 11.5 Å². The molecule has 0 aliphatic carbocycles. The second-order valence-electron chi connectivity index (χ2n) is 5.79. The lowest BCUT2D eigenvalue weighted by atomic mass is 10.1. The first-order valence-corrected chi connectivity index (χ1v) is 8.23. The number of fused-ring (bicyclic) bond motifs is 1. The van der Waals surface area contributed by atoms with Gasteiger partial charge in [0.15, 0.2) is 11.5 Å². The summed E-state index contributed by atoms with van der Waals surface area (Å²) in [7, 11) is 0. The average Bonchev–Trinajstić information content (AvgIpc) is 3.04. The largest absolute Gasteiger partial charge is 0.490 e. The zero-order valence-corrected chi connectivity index (χ0v) is 13.7. The molecule has 0 radical (unpaired) electrons. The number of rotatable bonds is 4. The van der Waals surface area contributed by atoms with E-state index in [4.69, 9.17) is 9.47 Å². The summed E-state index contributed by atoms with van der Waals surface area (Å²) in [5.41, 5.74) is 1.49. The number of hydrogen-bond donors (Lipinski definition) is 0. The van der Waals surface area contributed by atoms with E-state index in [0.29, 0.717) is 32.1 Å². The molecule has 0 saturated carbocycles. The van der Waals surface area contributed by atoms with Gasteiger partial charge in [0, 0.05) is 37.0 Å². The average molecular weight is 338 g/mol. The van der Waals surface area contributed by atoms with Crippen LogP contribution in [0.15, 0.2) is 53.8 Å². The Labute approximate surface area is 144 Å². The van der Waals surface area contributed by atoms with E-state index in [1.54, 1.807) is 24.7 Å². The summed E-state index contributed by atoms with van der Waals surface area (Å²) in [6.45, 7) is 2.41. The Morgan fingerprint density at radius 1 is 1.04 bits per heavy atom. The quantitative estimate of drug-likeness (QED) is 0.727. The summed E-state index contributed by atoms with van der Waals surface area (Å²) in [4.78, 5) is 16.1. The molecule has 0 saturated heterocycles. The Morgan fingerprint density at radius 2 is 1.92 bits per heavy atom. The van der Waals surface area contributed by atoms with Crippen LogP contribution >= 0.6 is 0 Å². The van der Waals surface area contributed by atoms with E-state index in [1.165, 1.54) is 4.68 Å². The Balaban J connectivity index is 1.61. The van der Waals surface area contributed by atoms with Crippen molar-refractivity contribution in [3.63, 3.8) is 0 Å². The Morgan fingerprint density at radius 3 is 2.76 bits per heavy atom. The summed E-state index contributed by atoms with van der Waals surface area (Å²) in [6, 6.07) is 9.00. The van der Waals surface area contributed by atoms with Crippen LogP contribution in [0.3, 0.4) is 0 Å². The smallest absolute Gasteiger partial charge is 0.266 e. The van der Waals surface area contributed by atoms with Gasteiger partial charge >= 0.3 is 0 Å². The van der Waals surface area contributed by atoms with Crippen LogP contribution in [0.4, 0.5) is 0 Å². The van der Waals surface area contributed by atoms with E-state index < -0.39 is 0 Å². The number of aryl methyl sites for hydroxylation is 2. The molecule has 7 nitrogen and oxygen atoms in total. The fourth-order valence-electron chi connectivity index (χ4n) is 2.71. The minimum absolute atomic E-state index is 0.127. The standard InChI is InChI=1S/C18H18N4O3/c23-18-5-3-15(20-22(18)9-8-21-7-6-19-13-21)14-2-4-16-17(12-14)25-11-1-10-24-16/h2-7,12-13H,1,8-11H2. The minimum atomic E-state index is -0.127. The maximum absolute atomic E-state index is 12.1. The monoisotopic (exact) mass is 338 g/mol. The van der Waals surface area contributed by atoms with Crippen molar-refractivity contribution in [2.24, 2.45) is 0 Å². The van der Waals surface area contributed by atoms with Gasteiger partial charge in [-0.3, -0.25) is 4.79 Å². The van der Waals surface area contributed by atoms with Gasteiger partial charge in [-0.1, -0.05) is 0 Å². The number of imidazole rings is 1. The SMILES string of the molecule is O=c1ccc(-c2ccc3c(c2)OCCCO3)nn1CCn1ccnc1. The maximum Gasteiger partial charge on any atom is 0.266 e. The van der Waals surface area contributed by atoms with Crippen molar-refractivity contribution < 1.29 is 9.47 Å². The zero-order valence-electron chi connectivity index (χ0n) is 13.7. The first-order chi connectivity index (χ1) is 12.3. The summed E-state index contributed by atoms with van der Waals surface area (Å²) in [5, 5.41) is 4.49. The van der Waals surface area contributed by atoms with Gasteiger partial charge in [0.2, 0.25) is 0 Å². The van der Waals surface area contributed by atoms with Crippen molar-refractivity contribution >= 4 is 0 Å². The topological polar surface area (TPSA) is 71.2 Å². The van der Waals surface area contributed by atoms with Crippen LogP contribution in [0, 0.1) is 0 Å². The highest BCUT2D eigenvalue weighted by atomic mass is 16.5. The lowest BCUT2D eigenvalue weighted by Crippen LogP contribution is -2.24. The van der Waals surface area contributed by atoms with Crippen molar-refractivity contribution in [1.82, 2.24) is 19.3 Å². The Bertz CT molecular complexity index is 918. The van der Waals surface area contributed by atoms with Crippen LogP contribution in [0.25, 0.3) is 11.3 Å². The fourth-order valence-corrected chi connectivity index (χ4v) is 2.71. The molecule has 25 heavy (non-hydrogen) atoms. The second-order valence-corrected chi connectivity index (χ2v) is 5.79. The van der Waals surface area contributed by atoms with Gasteiger partial charge in [-0.05, 0) is 24.3 Å². The van der Waals surface area contributed by atoms with Crippen LogP contribution in [-0.2, 0) is 13.1 Å². The molecular formula is C18H18N4O3. The molecule has 2 aromatic heterocycles. The van der Waals surface area contributed by atoms with Crippen molar-refractivity contribution in [3.05, 3.63) is 59.4 Å².